The second-order valence-corrected chi connectivity index (χ2v) is 7.64. The zero-order valence-electron chi connectivity index (χ0n) is 11.6. The van der Waals surface area contributed by atoms with Crippen molar-refractivity contribution in [1.82, 2.24) is 10.2 Å². The maximum atomic E-state index is 12.4. The molecule has 0 radical (unpaired) electrons. The van der Waals surface area contributed by atoms with Gasteiger partial charge in [0.05, 0.1) is 0 Å². The van der Waals surface area contributed by atoms with Crippen LogP contribution in [0.15, 0.2) is 0 Å². The second-order valence-electron chi connectivity index (χ2n) is 5.08. The van der Waals surface area contributed by atoms with Crippen LogP contribution in [0, 0.1) is 0 Å². The predicted molar refractivity (Wildman–Crippen MR) is 81.6 cm³/mol. The highest BCUT2D eigenvalue weighted by Gasteiger charge is 2.38. The van der Waals surface area contributed by atoms with Gasteiger partial charge in [-0.2, -0.15) is 23.5 Å². The van der Waals surface area contributed by atoms with Gasteiger partial charge in [0.25, 0.3) is 0 Å². The maximum Gasteiger partial charge on any atom is 0.245 e. The van der Waals surface area contributed by atoms with Gasteiger partial charge in [-0.3, -0.25) is 9.59 Å². The van der Waals surface area contributed by atoms with Gasteiger partial charge in [0.2, 0.25) is 11.8 Å². The molecule has 19 heavy (non-hydrogen) atoms. The van der Waals surface area contributed by atoms with Crippen molar-refractivity contribution in [3.05, 3.63) is 0 Å². The first-order chi connectivity index (χ1) is 9.13. The molecule has 0 aromatic carbocycles. The van der Waals surface area contributed by atoms with Crippen LogP contribution in [-0.4, -0.2) is 57.9 Å². The molecule has 108 valence electrons. The molecule has 2 aliphatic heterocycles. The first-order valence-electron chi connectivity index (χ1n) is 6.93. The summed E-state index contributed by atoms with van der Waals surface area (Å²) in [6.45, 7) is 4.58. The third kappa shape index (κ3) is 3.60. The first-order valence-corrected chi connectivity index (χ1v) is 9.14. The molecule has 0 aromatic rings. The number of amides is 2. The van der Waals surface area contributed by atoms with Gasteiger partial charge in [-0.15, -0.1) is 0 Å². The zero-order valence-corrected chi connectivity index (χ0v) is 13.2. The first kappa shape index (κ1) is 15.0. The monoisotopic (exact) mass is 302 g/mol. The molecule has 0 bridgehead atoms. The molecule has 4 nitrogen and oxygen atoms in total. The lowest BCUT2D eigenvalue weighted by Crippen LogP contribution is -2.63. The van der Waals surface area contributed by atoms with Gasteiger partial charge in [-0.25, -0.2) is 0 Å². The molecule has 0 aromatic heterocycles. The van der Waals surface area contributed by atoms with Gasteiger partial charge < -0.3 is 10.2 Å². The van der Waals surface area contributed by atoms with Crippen LogP contribution in [-0.2, 0) is 9.59 Å². The van der Waals surface area contributed by atoms with E-state index < -0.39 is 0 Å². The minimum Gasteiger partial charge on any atom is -0.343 e. The normalized spacial score (nSPS) is 32.3. The Morgan fingerprint density at radius 2 is 2.16 bits per heavy atom. The molecular weight excluding hydrogens is 280 g/mol. The van der Waals surface area contributed by atoms with E-state index in [4.69, 9.17) is 0 Å². The quantitative estimate of drug-likeness (QED) is 0.852. The van der Waals surface area contributed by atoms with Crippen molar-refractivity contribution in [2.24, 2.45) is 0 Å². The summed E-state index contributed by atoms with van der Waals surface area (Å²) in [7, 11) is 0. The maximum absolute atomic E-state index is 12.4. The molecule has 6 heteroatoms. The van der Waals surface area contributed by atoms with Crippen molar-refractivity contribution in [2.75, 3.05) is 23.8 Å². The highest BCUT2D eigenvalue weighted by Crippen LogP contribution is 2.26. The summed E-state index contributed by atoms with van der Waals surface area (Å²) < 4.78 is 0. The van der Waals surface area contributed by atoms with Crippen molar-refractivity contribution in [1.29, 1.82) is 0 Å². The summed E-state index contributed by atoms with van der Waals surface area (Å²) in [5, 5.41) is 3.31. The number of carbonyl (C=O) groups excluding carboxylic acids is 2. The number of carbonyl (C=O) groups is 2. The number of thioether (sulfide) groups is 2. The minimum absolute atomic E-state index is 0.00786. The van der Waals surface area contributed by atoms with Crippen molar-refractivity contribution in [3.63, 3.8) is 0 Å². The summed E-state index contributed by atoms with van der Waals surface area (Å²) in [4.78, 5) is 26.2. The molecule has 3 atom stereocenters. The summed E-state index contributed by atoms with van der Waals surface area (Å²) in [5.41, 5.74) is 0. The van der Waals surface area contributed by atoms with Gasteiger partial charge in [-0.05, 0) is 13.3 Å². The predicted octanol–water partition coefficient (Wildman–Crippen LogP) is 1.35. The topological polar surface area (TPSA) is 49.4 Å². The summed E-state index contributed by atoms with van der Waals surface area (Å²) in [5.74, 6) is 3.53. The van der Waals surface area contributed by atoms with Gasteiger partial charge in [-0.1, -0.05) is 13.3 Å². The fraction of sp³-hybridized carbons (Fsp3) is 0.846. The second kappa shape index (κ2) is 6.88. The molecule has 2 heterocycles. The lowest BCUT2D eigenvalue weighted by molar-refractivity contribution is -0.148. The fourth-order valence-corrected chi connectivity index (χ4v) is 5.14. The third-order valence-electron chi connectivity index (χ3n) is 3.61. The Morgan fingerprint density at radius 1 is 1.37 bits per heavy atom. The van der Waals surface area contributed by atoms with E-state index in [1.54, 1.807) is 4.90 Å². The lowest BCUT2D eigenvalue weighted by atomic mass is 10.0. The lowest BCUT2D eigenvalue weighted by Gasteiger charge is -2.39. The zero-order chi connectivity index (χ0) is 13.8. The molecule has 0 aliphatic carbocycles. The SMILES string of the molecule is CCCC1NC(=O)C(C)N(CC2CSCCS2)C1=O. The van der Waals surface area contributed by atoms with Crippen LogP contribution in [0.1, 0.15) is 26.7 Å². The van der Waals surface area contributed by atoms with Gasteiger partial charge >= 0.3 is 0 Å². The summed E-state index contributed by atoms with van der Waals surface area (Å²) >= 11 is 3.88. The van der Waals surface area contributed by atoms with E-state index in [0.29, 0.717) is 11.8 Å². The summed E-state index contributed by atoms with van der Waals surface area (Å²) in [6.07, 6.45) is 1.65. The Kier molecular flexibility index (Phi) is 5.45. The van der Waals surface area contributed by atoms with Crippen molar-refractivity contribution >= 4 is 35.3 Å². The molecule has 2 fully saturated rings. The van der Waals surface area contributed by atoms with Crippen LogP contribution in [0.2, 0.25) is 0 Å². The third-order valence-corrected chi connectivity index (χ3v) is 6.43. The Morgan fingerprint density at radius 3 is 2.79 bits per heavy atom. The van der Waals surface area contributed by atoms with Gasteiger partial charge in [0.1, 0.15) is 12.1 Å². The van der Waals surface area contributed by atoms with Crippen LogP contribution < -0.4 is 5.32 Å². The highest BCUT2D eigenvalue weighted by atomic mass is 32.2. The molecule has 1 N–H and O–H groups in total. The largest absolute Gasteiger partial charge is 0.343 e. The van der Waals surface area contributed by atoms with Crippen molar-refractivity contribution in [2.45, 2.75) is 44.0 Å². The van der Waals surface area contributed by atoms with Crippen LogP contribution in [0.4, 0.5) is 0 Å². The van der Waals surface area contributed by atoms with Crippen molar-refractivity contribution in [3.8, 4) is 0 Å². The van der Waals surface area contributed by atoms with Crippen molar-refractivity contribution < 1.29 is 9.59 Å². The van der Waals surface area contributed by atoms with E-state index in [1.807, 2.05) is 37.4 Å². The molecule has 2 rings (SSSR count). The highest BCUT2D eigenvalue weighted by molar-refractivity contribution is 8.06. The summed E-state index contributed by atoms with van der Waals surface area (Å²) in [6, 6.07) is -0.636. The average Bonchev–Trinajstić information content (AvgIpc) is 2.42. The van der Waals surface area contributed by atoms with E-state index in [2.05, 4.69) is 5.32 Å². The molecule has 0 saturated carbocycles. The number of hydrogen-bond acceptors (Lipinski definition) is 4. The van der Waals surface area contributed by atoms with Crippen LogP contribution in [0.3, 0.4) is 0 Å². The van der Waals surface area contributed by atoms with E-state index in [-0.39, 0.29) is 23.9 Å². The smallest absolute Gasteiger partial charge is 0.245 e. The Hall–Kier alpha value is -0.360. The Balaban J connectivity index is 2.02. The van der Waals surface area contributed by atoms with Crippen LogP contribution in [0.25, 0.3) is 0 Å². The Labute approximate surface area is 123 Å². The van der Waals surface area contributed by atoms with E-state index in [1.165, 1.54) is 5.75 Å². The molecule has 3 unspecified atom stereocenters. The standard InChI is InChI=1S/C13H22N2O2S2/c1-3-4-11-13(17)15(9(2)12(16)14-11)7-10-8-18-5-6-19-10/h9-11H,3-8H2,1-2H3,(H,14,16). The minimum atomic E-state index is -0.326. The van der Waals surface area contributed by atoms with E-state index >= 15 is 0 Å². The molecular formula is C13H22N2O2S2. The van der Waals surface area contributed by atoms with E-state index in [9.17, 15) is 9.59 Å². The fourth-order valence-electron chi connectivity index (χ4n) is 2.48. The number of nitrogens with zero attached hydrogens (tertiary/aromatic N) is 1. The number of hydrogen-bond donors (Lipinski definition) is 1. The van der Waals surface area contributed by atoms with Crippen LogP contribution in [0.5, 0.6) is 0 Å². The molecule has 2 amide bonds. The number of rotatable bonds is 4. The number of nitrogens with one attached hydrogen (secondary N) is 1. The molecule has 2 aliphatic rings. The van der Waals surface area contributed by atoms with Crippen LogP contribution >= 0.6 is 23.5 Å². The Bertz CT molecular complexity index is 346. The van der Waals surface area contributed by atoms with E-state index in [0.717, 1.165) is 24.3 Å². The number of piperazine rings is 1. The average molecular weight is 302 g/mol. The molecule has 2 saturated heterocycles. The van der Waals surface area contributed by atoms with Gasteiger partial charge in [0, 0.05) is 29.1 Å². The van der Waals surface area contributed by atoms with Gasteiger partial charge in [0.15, 0.2) is 0 Å². The molecule has 0 spiro atoms.